The van der Waals surface area contributed by atoms with Gasteiger partial charge in [-0.3, -0.25) is 9.69 Å². The third kappa shape index (κ3) is 5.04. The number of hydrogen-bond donors (Lipinski definition) is 2. The van der Waals surface area contributed by atoms with Crippen LogP contribution in [0.3, 0.4) is 0 Å². The van der Waals surface area contributed by atoms with Crippen molar-refractivity contribution in [2.45, 2.75) is 31.5 Å². The lowest BCUT2D eigenvalue weighted by atomic mass is 10.0. The molecule has 26 heavy (non-hydrogen) atoms. The number of benzene rings is 1. The van der Waals surface area contributed by atoms with Crippen molar-refractivity contribution in [1.29, 1.82) is 0 Å². The van der Waals surface area contributed by atoms with Gasteiger partial charge < -0.3 is 15.3 Å². The molecule has 3 atom stereocenters. The molecule has 3 rings (SSSR count). The molecule has 5 nitrogen and oxygen atoms in total. The van der Waals surface area contributed by atoms with Crippen LogP contribution >= 0.6 is 24.8 Å². The minimum atomic E-state index is -0.579. The van der Waals surface area contributed by atoms with Gasteiger partial charge in [0.2, 0.25) is 5.91 Å². The van der Waals surface area contributed by atoms with Gasteiger partial charge in [-0.15, -0.1) is 24.8 Å². The summed E-state index contributed by atoms with van der Waals surface area (Å²) >= 11 is 0. The van der Waals surface area contributed by atoms with Crippen LogP contribution in [0.1, 0.15) is 24.9 Å². The van der Waals surface area contributed by atoms with E-state index in [0.29, 0.717) is 44.7 Å². The Balaban J connectivity index is 0.00000169. The minimum absolute atomic E-state index is 0. The molecule has 0 aromatic heterocycles. The molecular formula is C17H25Cl2F2N3O2. The van der Waals surface area contributed by atoms with E-state index in [-0.39, 0.29) is 42.8 Å². The Kier molecular flexibility index (Phi) is 8.69. The highest BCUT2D eigenvalue weighted by Gasteiger charge is 2.33. The van der Waals surface area contributed by atoms with E-state index in [2.05, 4.69) is 10.2 Å². The number of carbonyl (C=O) groups excluding carboxylic acids is 1. The maximum Gasteiger partial charge on any atom is 0.239 e. The third-order valence-electron chi connectivity index (χ3n) is 4.99. The Morgan fingerprint density at radius 1 is 1.23 bits per heavy atom. The zero-order valence-electron chi connectivity index (χ0n) is 14.5. The van der Waals surface area contributed by atoms with Gasteiger partial charge in [0.05, 0.1) is 12.1 Å². The van der Waals surface area contributed by atoms with Crippen molar-refractivity contribution in [3.63, 3.8) is 0 Å². The molecule has 1 aromatic carbocycles. The normalized spacial score (nSPS) is 24.5. The van der Waals surface area contributed by atoms with Crippen molar-refractivity contribution in [1.82, 2.24) is 15.1 Å². The first-order valence-electron chi connectivity index (χ1n) is 8.35. The molecule has 2 aliphatic rings. The molecule has 2 saturated heterocycles. The van der Waals surface area contributed by atoms with E-state index in [1.54, 1.807) is 4.90 Å². The Labute approximate surface area is 164 Å². The van der Waals surface area contributed by atoms with Crippen molar-refractivity contribution >= 4 is 30.7 Å². The molecule has 0 radical (unpaired) electrons. The van der Waals surface area contributed by atoms with Gasteiger partial charge in [0.1, 0.15) is 11.6 Å². The lowest BCUT2D eigenvalue weighted by molar-refractivity contribution is -0.135. The molecule has 2 fully saturated rings. The predicted octanol–water partition coefficient (Wildman–Crippen LogP) is 1.74. The molecule has 2 N–H and O–H groups in total. The first-order valence-corrected chi connectivity index (χ1v) is 8.35. The zero-order valence-corrected chi connectivity index (χ0v) is 16.2. The van der Waals surface area contributed by atoms with Gasteiger partial charge in [-0.1, -0.05) is 6.07 Å². The largest absolute Gasteiger partial charge is 0.392 e. The Bertz CT molecular complexity index is 616. The highest BCUT2D eigenvalue weighted by atomic mass is 35.5. The molecule has 2 aliphatic heterocycles. The fourth-order valence-electron chi connectivity index (χ4n) is 3.49. The maximum atomic E-state index is 13.9. The van der Waals surface area contributed by atoms with Gasteiger partial charge in [0, 0.05) is 50.4 Å². The van der Waals surface area contributed by atoms with Crippen LogP contribution in [-0.4, -0.2) is 65.7 Å². The predicted molar refractivity (Wildman–Crippen MR) is 99.8 cm³/mol. The molecule has 2 heterocycles. The quantitative estimate of drug-likeness (QED) is 0.795. The van der Waals surface area contributed by atoms with Crippen molar-refractivity contribution in [3.05, 3.63) is 35.4 Å². The monoisotopic (exact) mass is 411 g/mol. The second-order valence-electron chi connectivity index (χ2n) is 6.55. The van der Waals surface area contributed by atoms with Crippen LogP contribution in [0.4, 0.5) is 8.78 Å². The molecule has 0 spiro atoms. The standard InChI is InChI=1S/C17H23F2N3O2.2ClH/c1-11(14-3-2-12(18)8-15(14)19)21-4-6-22(7-5-21)17(24)16-9-13(23)10-20-16;;/h2-3,8,11,13,16,20,23H,4-7,9-10H2,1H3;2*1H. The van der Waals surface area contributed by atoms with E-state index in [4.69, 9.17) is 0 Å². The van der Waals surface area contributed by atoms with Crippen molar-refractivity contribution in [3.8, 4) is 0 Å². The number of nitrogens with zero attached hydrogens (tertiary/aromatic N) is 2. The van der Waals surface area contributed by atoms with Crippen LogP contribution in [0.15, 0.2) is 18.2 Å². The number of amides is 1. The topological polar surface area (TPSA) is 55.8 Å². The Hall–Kier alpha value is -0.990. The second-order valence-corrected chi connectivity index (χ2v) is 6.55. The van der Waals surface area contributed by atoms with E-state index < -0.39 is 17.7 Å². The fourth-order valence-corrected chi connectivity index (χ4v) is 3.49. The smallest absolute Gasteiger partial charge is 0.239 e. The van der Waals surface area contributed by atoms with Crippen molar-refractivity contribution < 1.29 is 18.7 Å². The van der Waals surface area contributed by atoms with E-state index in [1.165, 1.54) is 12.1 Å². The number of rotatable bonds is 3. The summed E-state index contributed by atoms with van der Waals surface area (Å²) in [7, 11) is 0. The third-order valence-corrected chi connectivity index (χ3v) is 4.99. The fraction of sp³-hybridized carbons (Fsp3) is 0.588. The molecule has 1 amide bonds. The van der Waals surface area contributed by atoms with Crippen LogP contribution in [-0.2, 0) is 4.79 Å². The van der Waals surface area contributed by atoms with Gasteiger partial charge in [-0.05, 0) is 19.4 Å². The summed E-state index contributed by atoms with van der Waals surface area (Å²) in [6.07, 6.45) is -0.00214. The highest BCUT2D eigenvalue weighted by molar-refractivity contribution is 5.85. The Morgan fingerprint density at radius 3 is 2.42 bits per heavy atom. The van der Waals surface area contributed by atoms with Gasteiger partial charge in [0.25, 0.3) is 0 Å². The summed E-state index contributed by atoms with van der Waals surface area (Å²) in [5.74, 6) is -1.10. The van der Waals surface area contributed by atoms with Gasteiger partial charge in [-0.2, -0.15) is 0 Å². The molecular weight excluding hydrogens is 387 g/mol. The van der Waals surface area contributed by atoms with Crippen molar-refractivity contribution in [2.75, 3.05) is 32.7 Å². The highest BCUT2D eigenvalue weighted by Crippen LogP contribution is 2.25. The number of hydrogen-bond acceptors (Lipinski definition) is 4. The molecule has 1 aromatic rings. The van der Waals surface area contributed by atoms with Crippen LogP contribution in [0, 0.1) is 11.6 Å². The maximum absolute atomic E-state index is 13.9. The number of β-amino-alcohol motifs (C(OH)–C–C–N with tert-alkyl or cyclic N) is 1. The van der Waals surface area contributed by atoms with E-state index in [1.807, 2.05) is 6.92 Å². The van der Waals surface area contributed by atoms with E-state index >= 15 is 0 Å². The number of nitrogens with one attached hydrogen (secondary N) is 1. The van der Waals surface area contributed by atoms with Gasteiger partial charge in [0.15, 0.2) is 0 Å². The Morgan fingerprint density at radius 2 is 1.88 bits per heavy atom. The summed E-state index contributed by atoms with van der Waals surface area (Å²) in [5.41, 5.74) is 0.469. The molecule has 0 saturated carbocycles. The summed E-state index contributed by atoms with van der Waals surface area (Å²) < 4.78 is 27.0. The van der Waals surface area contributed by atoms with E-state index in [0.717, 1.165) is 6.07 Å². The number of aliphatic hydroxyl groups is 1. The van der Waals surface area contributed by atoms with Crippen LogP contribution in [0.5, 0.6) is 0 Å². The average molecular weight is 412 g/mol. The summed E-state index contributed by atoms with van der Waals surface area (Å²) in [6, 6.07) is 3.18. The number of aliphatic hydroxyl groups excluding tert-OH is 1. The van der Waals surface area contributed by atoms with Crippen LogP contribution in [0.25, 0.3) is 0 Å². The lowest BCUT2D eigenvalue weighted by Crippen LogP contribution is -2.53. The second kappa shape index (κ2) is 9.80. The first-order chi connectivity index (χ1) is 11.5. The minimum Gasteiger partial charge on any atom is -0.392 e. The van der Waals surface area contributed by atoms with Crippen LogP contribution in [0.2, 0.25) is 0 Å². The molecule has 0 aliphatic carbocycles. The van der Waals surface area contributed by atoms with Gasteiger partial charge in [-0.25, -0.2) is 8.78 Å². The van der Waals surface area contributed by atoms with Crippen LogP contribution < -0.4 is 5.32 Å². The number of piperazine rings is 1. The average Bonchev–Trinajstić information content (AvgIpc) is 3.00. The molecule has 148 valence electrons. The molecule has 9 heteroatoms. The summed E-state index contributed by atoms with van der Waals surface area (Å²) in [6.45, 7) is 4.76. The zero-order chi connectivity index (χ0) is 17.3. The summed E-state index contributed by atoms with van der Waals surface area (Å²) in [5, 5.41) is 12.6. The SMILES string of the molecule is CC(c1ccc(F)cc1F)N1CCN(C(=O)C2CC(O)CN2)CC1.Cl.Cl. The van der Waals surface area contributed by atoms with Gasteiger partial charge >= 0.3 is 0 Å². The summed E-state index contributed by atoms with van der Waals surface area (Å²) in [4.78, 5) is 16.3. The van der Waals surface area contributed by atoms with E-state index in [9.17, 15) is 18.7 Å². The van der Waals surface area contributed by atoms with Crippen molar-refractivity contribution in [2.24, 2.45) is 0 Å². The number of halogens is 4. The molecule has 0 bridgehead atoms. The molecule has 3 unspecified atom stereocenters. The first kappa shape index (κ1) is 23.0. The lowest BCUT2D eigenvalue weighted by Gasteiger charge is -2.39. The number of carbonyl (C=O) groups is 1.